The number of ether oxygens (including phenoxy) is 2. The predicted molar refractivity (Wildman–Crippen MR) is 93.5 cm³/mol. The topological polar surface area (TPSA) is 99.4 Å². The van der Waals surface area contributed by atoms with E-state index in [1.54, 1.807) is 0 Å². The Morgan fingerprint density at radius 3 is 1.80 bits per heavy atom. The van der Waals surface area contributed by atoms with Gasteiger partial charge in [-0.2, -0.15) is 5.75 Å². The van der Waals surface area contributed by atoms with E-state index in [0.29, 0.717) is 6.61 Å². The van der Waals surface area contributed by atoms with E-state index in [-0.39, 0.29) is 29.6 Å². The van der Waals surface area contributed by atoms with Gasteiger partial charge < -0.3 is 42.5 Å². The third-order valence-electron chi connectivity index (χ3n) is 4.42. The summed E-state index contributed by atoms with van der Waals surface area (Å²) in [6.07, 6.45) is 4.54. The van der Waals surface area contributed by atoms with Gasteiger partial charge in [-0.1, -0.05) is 51.4 Å². The fourth-order valence-corrected chi connectivity index (χ4v) is 3.05. The van der Waals surface area contributed by atoms with Gasteiger partial charge in [-0.15, -0.1) is 0 Å². The van der Waals surface area contributed by atoms with Crippen LogP contribution in [-0.2, 0) is 22.1 Å². The second-order valence-electron chi connectivity index (χ2n) is 6.45. The first kappa shape index (κ1) is 26.1. The number of unbranched alkanes of at least 4 members (excludes halogenated alkanes) is 8. The van der Waals surface area contributed by atoms with Crippen LogP contribution in [0.15, 0.2) is 0 Å². The molecule has 5 atom stereocenters. The molecule has 0 amide bonds. The molecular formula is C17H33NaO6S. The van der Waals surface area contributed by atoms with Gasteiger partial charge in [0.1, 0.15) is 24.4 Å². The second kappa shape index (κ2) is 16.1. The molecule has 8 heteroatoms. The third kappa shape index (κ3) is 10.3. The van der Waals surface area contributed by atoms with E-state index in [4.69, 9.17) is 27.2 Å². The summed E-state index contributed by atoms with van der Waals surface area (Å²) in [6.45, 7) is -0.0151. The summed E-state index contributed by atoms with van der Waals surface area (Å²) < 4.78 is 10.7. The predicted octanol–water partition coefficient (Wildman–Crippen LogP) is -2.14. The number of rotatable bonds is 13. The van der Waals surface area contributed by atoms with Gasteiger partial charge in [0.2, 0.25) is 0 Å². The van der Waals surface area contributed by atoms with Gasteiger partial charge in [-0.25, -0.2) is 0 Å². The van der Waals surface area contributed by atoms with Crippen LogP contribution in [0, 0.1) is 0 Å². The fraction of sp³-hybridized carbons (Fsp3) is 1.00. The van der Waals surface area contributed by atoms with Crippen LogP contribution in [0.4, 0.5) is 0 Å². The minimum Gasteiger partial charge on any atom is -0.793 e. The van der Waals surface area contributed by atoms with Crippen molar-refractivity contribution in [3.63, 3.8) is 0 Å². The van der Waals surface area contributed by atoms with Crippen LogP contribution in [0.3, 0.4) is 0 Å². The Balaban J connectivity index is 0.00000576. The average molecular weight is 389 g/mol. The molecule has 0 aromatic heterocycles. The molecule has 1 aliphatic heterocycles. The SMILES string of the molecule is OC[C@H]1O[C@@H](OCCCCCCCCCCC[S-])[C@H](O)[C@@H](O)[C@@H]1O.[Na+]. The van der Waals surface area contributed by atoms with E-state index in [0.717, 1.165) is 31.4 Å². The smallest absolute Gasteiger partial charge is 0.793 e. The van der Waals surface area contributed by atoms with Crippen molar-refractivity contribution in [3.8, 4) is 0 Å². The molecule has 1 saturated heterocycles. The molecule has 0 bridgehead atoms. The van der Waals surface area contributed by atoms with E-state index in [1.807, 2.05) is 0 Å². The zero-order chi connectivity index (χ0) is 17.8. The van der Waals surface area contributed by atoms with Crippen molar-refractivity contribution in [1.82, 2.24) is 0 Å². The van der Waals surface area contributed by atoms with Crippen molar-refractivity contribution in [2.45, 2.75) is 88.5 Å². The Morgan fingerprint density at radius 1 is 0.760 bits per heavy atom. The number of aliphatic hydroxyl groups excluding tert-OH is 4. The molecular weight excluding hydrogens is 355 g/mol. The summed E-state index contributed by atoms with van der Waals surface area (Å²) in [5.41, 5.74) is 0. The summed E-state index contributed by atoms with van der Waals surface area (Å²) in [6, 6.07) is 0. The van der Waals surface area contributed by atoms with E-state index >= 15 is 0 Å². The van der Waals surface area contributed by atoms with Crippen LogP contribution >= 0.6 is 0 Å². The van der Waals surface area contributed by atoms with Crippen molar-refractivity contribution in [1.29, 1.82) is 0 Å². The van der Waals surface area contributed by atoms with Gasteiger partial charge in [0.05, 0.1) is 6.61 Å². The minimum atomic E-state index is -1.37. The average Bonchev–Trinajstić information content (AvgIpc) is 2.59. The standard InChI is InChI=1S/C17H34O6S.Na/c18-12-13-14(19)15(20)16(21)17(23-13)22-10-8-6-4-2-1-3-5-7-9-11-24;/h13-21,24H,1-12H2;/q;+1/p-1/t13-,14-,15+,16-,17-;/m1./s1. The van der Waals surface area contributed by atoms with Gasteiger partial charge in [0, 0.05) is 6.61 Å². The van der Waals surface area contributed by atoms with Crippen molar-refractivity contribution in [2.24, 2.45) is 0 Å². The van der Waals surface area contributed by atoms with Crippen molar-refractivity contribution in [3.05, 3.63) is 0 Å². The second-order valence-corrected chi connectivity index (χ2v) is 6.86. The third-order valence-corrected chi connectivity index (χ3v) is 4.71. The summed E-state index contributed by atoms with van der Waals surface area (Å²) in [5.74, 6) is 0.869. The van der Waals surface area contributed by atoms with Crippen LogP contribution in [-0.4, -0.2) is 70.1 Å². The Morgan fingerprint density at radius 2 is 1.28 bits per heavy atom. The molecule has 1 aliphatic rings. The zero-order valence-electron chi connectivity index (χ0n) is 15.4. The zero-order valence-corrected chi connectivity index (χ0v) is 18.2. The molecule has 0 radical (unpaired) electrons. The molecule has 6 nitrogen and oxygen atoms in total. The van der Waals surface area contributed by atoms with E-state index in [2.05, 4.69) is 0 Å². The van der Waals surface area contributed by atoms with Gasteiger partial charge in [-0.05, 0) is 6.42 Å². The van der Waals surface area contributed by atoms with Gasteiger partial charge in [-0.3, -0.25) is 0 Å². The molecule has 144 valence electrons. The minimum absolute atomic E-state index is 0. The van der Waals surface area contributed by atoms with Gasteiger partial charge in [0.15, 0.2) is 6.29 Å². The summed E-state index contributed by atoms with van der Waals surface area (Å²) in [4.78, 5) is 0. The van der Waals surface area contributed by atoms with Crippen LogP contribution in [0.25, 0.3) is 0 Å². The van der Waals surface area contributed by atoms with Gasteiger partial charge in [0.25, 0.3) is 0 Å². The fourth-order valence-electron chi connectivity index (χ4n) is 2.85. The molecule has 1 rings (SSSR count). The first-order chi connectivity index (χ1) is 11.6. The summed E-state index contributed by atoms with van der Waals surface area (Å²) in [7, 11) is 0. The monoisotopic (exact) mass is 388 g/mol. The van der Waals surface area contributed by atoms with Crippen LogP contribution in [0.2, 0.25) is 0 Å². The maximum Gasteiger partial charge on any atom is 1.00 e. The molecule has 1 fully saturated rings. The largest absolute Gasteiger partial charge is 1.00 e. The first-order valence-electron chi connectivity index (χ1n) is 9.12. The molecule has 4 N–H and O–H groups in total. The Bertz CT molecular complexity index is 311. The van der Waals surface area contributed by atoms with E-state index in [9.17, 15) is 15.3 Å². The molecule has 0 aliphatic carbocycles. The Labute approximate surface area is 179 Å². The number of aliphatic hydroxyl groups is 4. The van der Waals surface area contributed by atoms with Crippen molar-refractivity contribution in [2.75, 3.05) is 19.0 Å². The molecule has 25 heavy (non-hydrogen) atoms. The molecule has 0 unspecified atom stereocenters. The summed E-state index contributed by atoms with van der Waals surface area (Å²) >= 11 is 4.92. The Kier molecular flexibility index (Phi) is 16.8. The number of hydrogen-bond donors (Lipinski definition) is 4. The molecule has 1 heterocycles. The van der Waals surface area contributed by atoms with Crippen LogP contribution < -0.4 is 29.6 Å². The normalized spacial score (nSPS) is 29.4. The van der Waals surface area contributed by atoms with Crippen LogP contribution in [0.1, 0.15) is 57.8 Å². The quantitative estimate of drug-likeness (QED) is 0.162. The number of hydrogen-bond acceptors (Lipinski definition) is 7. The van der Waals surface area contributed by atoms with Crippen molar-refractivity contribution < 1.29 is 59.5 Å². The molecule has 0 saturated carbocycles. The van der Waals surface area contributed by atoms with Crippen LogP contribution in [0.5, 0.6) is 0 Å². The maximum absolute atomic E-state index is 9.83. The van der Waals surface area contributed by atoms with Gasteiger partial charge >= 0.3 is 29.6 Å². The van der Waals surface area contributed by atoms with E-state index in [1.165, 1.54) is 32.1 Å². The maximum atomic E-state index is 9.83. The first-order valence-corrected chi connectivity index (χ1v) is 9.69. The summed E-state index contributed by atoms with van der Waals surface area (Å²) in [5, 5.41) is 38.3. The van der Waals surface area contributed by atoms with Crippen molar-refractivity contribution >= 4 is 12.6 Å². The molecule has 0 aromatic rings. The van der Waals surface area contributed by atoms with E-state index < -0.39 is 37.3 Å². The molecule has 0 aromatic carbocycles. The Hall–Kier alpha value is 1.11. The molecule has 0 spiro atoms.